The number of hydrogen-bond donors (Lipinski definition) is 1. The lowest BCUT2D eigenvalue weighted by Gasteiger charge is -2.21. The van der Waals surface area contributed by atoms with Crippen molar-refractivity contribution in [2.45, 2.75) is 39.8 Å². The van der Waals surface area contributed by atoms with Gasteiger partial charge in [-0.2, -0.15) is 0 Å². The second-order valence-corrected chi connectivity index (χ2v) is 4.96. The first-order valence-corrected chi connectivity index (χ1v) is 6.36. The lowest BCUT2D eigenvalue weighted by atomic mass is 10.0. The number of hydrogen-bond acceptors (Lipinski definition) is 2. The van der Waals surface area contributed by atoms with Gasteiger partial charge in [0, 0.05) is 30.9 Å². The van der Waals surface area contributed by atoms with Gasteiger partial charge in [-0.25, -0.2) is 0 Å². The summed E-state index contributed by atoms with van der Waals surface area (Å²) in [6.45, 7) is 7.38. The fourth-order valence-electron chi connectivity index (χ4n) is 1.75. The molecular weight excluding hydrogens is 220 g/mol. The monoisotopic (exact) mass is 240 g/mol. The Morgan fingerprint density at radius 3 is 2.69 bits per heavy atom. The number of nitrogens with zero attached hydrogens (tertiary/aromatic N) is 1. The predicted molar refractivity (Wildman–Crippen MR) is 69.8 cm³/mol. The molecule has 0 radical (unpaired) electrons. The van der Waals surface area contributed by atoms with E-state index in [1.165, 1.54) is 11.1 Å². The maximum atomic E-state index is 5.79. The standard InChI is InChI=1S/C13H21ClN2/c1-10(2)13(4-5-14)16-9-12-6-11(3)7-15-8-12/h6-8,10,13,16H,4-5,9H2,1-3H3. The van der Waals surface area contributed by atoms with Gasteiger partial charge in [-0.3, -0.25) is 4.98 Å². The minimum atomic E-state index is 0.484. The van der Waals surface area contributed by atoms with Crippen LogP contribution in [0.2, 0.25) is 0 Å². The Labute approximate surface area is 103 Å². The van der Waals surface area contributed by atoms with E-state index in [1.807, 2.05) is 12.4 Å². The zero-order valence-electron chi connectivity index (χ0n) is 10.3. The molecule has 0 bridgehead atoms. The van der Waals surface area contributed by atoms with Gasteiger partial charge in [-0.05, 0) is 30.4 Å². The molecule has 1 atom stereocenters. The van der Waals surface area contributed by atoms with Crippen molar-refractivity contribution in [3.05, 3.63) is 29.6 Å². The number of nitrogens with one attached hydrogen (secondary N) is 1. The molecule has 0 aromatic carbocycles. The van der Waals surface area contributed by atoms with Crippen molar-refractivity contribution in [2.75, 3.05) is 5.88 Å². The zero-order valence-corrected chi connectivity index (χ0v) is 11.1. The molecule has 0 aliphatic carbocycles. The second kappa shape index (κ2) is 6.87. The fourth-order valence-corrected chi connectivity index (χ4v) is 1.99. The molecule has 1 heterocycles. The molecule has 0 amide bonds. The van der Waals surface area contributed by atoms with E-state index in [9.17, 15) is 0 Å². The molecule has 3 heteroatoms. The fraction of sp³-hybridized carbons (Fsp3) is 0.615. The van der Waals surface area contributed by atoms with Crippen LogP contribution in [0.25, 0.3) is 0 Å². The Bertz CT molecular complexity index is 313. The summed E-state index contributed by atoms with van der Waals surface area (Å²) in [5.74, 6) is 1.32. The maximum Gasteiger partial charge on any atom is 0.0313 e. The van der Waals surface area contributed by atoms with Crippen LogP contribution in [0.3, 0.4) is 0 Å². The van der Waals surface area contributed by atoms with E-state index >= 15 is 0 Å². The van der Waals surface area contributed by atoms with Crippen LogP contribution < -0.4 is 5.32 Å². The summed E-state index contributed by atoms with van der Waals surface area (Å²) in [6.07, 6.45) is 4.80. The lowest BCUT2D eigenvalue weighted by molar-refractivity contribution is 0.389. The van der Waals surface area contributed by atoms with E-state index in [0.717, 1.165) is 13.0 Å². The van der Waals surface area contributed by atoms with Crippen molar-refractivity contribution in [3.63, 3.8) is 0 Å². The average Bonchev–Trinajstić information content (AvgIpc) is 2.24. The third-order valence-electron chi connectivity index (χ3n) is 2.72. The number of halogens is 1. The van der Waals surface area contributed by atoms with Crippen LogP contribution in [0.1, 0.15) is 31.4 Å². The smallest absolute Gasteiger partial charge is 0.0313 e. The van der Waals surface area contributed by atoms with Crippen molar-refractivity contribution in [3.8, 4) is 0 Å². The van der Waals surface area contributed by atoms with Gasteiger partial charge in [0.25, 0.3) is 0 Å². The van der Waals surface area contributed by atoms with Crippen LogP contribution in [0.15, 0.2) is 18.5 Å². The normalized spacial score (nSPS) is 13.1. The highest BCUT2D eigenvalue weighted by molar-refractivity contribution is 6.17. The molecule has 0 spiro atoms. The number of aryl methyl sites for hydroxylation is 1. The highest BCUT2D eigenvalue weighted by Crippen LogP contribution is 2.09. The second-order valence-electron chi connectivity index (χ2n) is 4.58. The summed E-state index contributed by atoms with van der Waals surface area (Å²) in [6, 6.07) is 2.65. The quantitative estimate of drug-likeness (QED) is 0.773. The molecular formula is C13H21ClN2. The van der Waals surface area contributed by atoms with Crippen LogP contribution in [-0.4, -0.2) is 16.9 Å². The summed E-state index contributed by atoms with van der Waals surface area (Å²) in [4.78, 5) is 4.19. The zero-order chi connectivity index (χ0) is 12.0. The highest BCUT2D eigenvalue weighted by atomic mass is 35.5. The van der Waals surface area contributed by atoms with Gasteiger partial charge in [-0.15, -0.1) is 11.6 Å². The first kappa shape index (κ1) is 13.5. The van der Waals surface area contributed by atoms with Gasteiger partial charge in [0.2, 0.25) is 0 Å². The van der Waals surface area contributed by atoms with Crippen molar-refractivity contribution in [1.82, 2.24) is 10.3 Å². The van der Waals surface area contributed by atoms with Gasteiger partial charge in [0.15, 0.2) is 0 Å². The third kappa shape index (κ3) is 4.50. The van der Waals surface area contributed by atoms with Gasteiger partial charge in [0.05, 0.1) is 0 Å². The number of aromatic nitrogens is 1. The summed E-state index contributed by atoms with van der Waals surface area (Å²) >= 11 is 5.79. The average molecular weight is 241 g/mol. The number of alkyl halides is 1. The van der Waals surface area contributed by atoms with Crippen molar-refractivity contribution in [1.29, 1.82) is 0 Å². The largest absolute Gasteiger partial charge is 0.310 e. The topological polar surface area (TPSA) is 24.9 Å². The minimum Gasteiger partial charge on any atom is -0.310 e. The van der Waals surface area contributed by atoms with E-state index in [1.54, 1.807) is 0 Å². The van der Waals surface area contributed by atoms with Crippen LogP contribution in [-0.2, 0) is 6.54 Å². The molecule has 0 saturated heterocycles. The van der Waals surface area contributed by atoms with E-state index in [0.29, 0.717) is 17.8 Å². The highest BCUT2D eigenvalue weighted by Gasteiger charge is 2.11. The molecule has 0 fully saturated rings. The van der Waals surface area contributed by atoms with Gasteiger partial charge in [-0.1, -0.05) is 19.9 Å². The molecule has 1 unspecified atom stereocenters. The summed E-state index contributed by atoms with van der Waals surface area (Å²) in [5, 5.41) is 3.54. The van der Waals surface area contributed by atoms with E-state index in [4.69, 9.17) is 11.6 Å². The first-order chi connectivity index (χ1) is 7.63. The Balaban J connectivity index is 2.48. The molecule has 16 heavy (non-hydrogen) atoms. The molecule has 0 saturated carbocycles. The van der Waals surface area contributed by atoms with E-state index < -0.39 is 0 Å². The molecule has 0 aliphatic heterocycles. The Kier molecular flexibility index (Phi) is 5.78. The molecule has 1 N–H and O–H groups in total. The van der Waals surface area contributed by atoms with Gasteiger partial charge >= 0.3 is 0 Å². The van der Waals surface area contributed by atoms with Crippen molar-refractivity contribution >= 4 is 11.6 Å². The minimum absolute atomic E-state index is 0.484. The van der Waals surface area contributed by atoms with Crippen LogP contribution >= 0.6 is 11.6 Å². The van der Waals surface area contributed by atoms with Gasteiger partial charge in [0.1, 0.15) is 0 Å². The Hall–Kier alpha value is -0.600. The molecule has 1 aromatic heterocycles. The SMILES string of the molecule is Cc1cncc(CNC(CCCl)C(C)C)c1. The maximum absolute atomic E-state index is 5.79. The molecule has 2 nitrogen and oxygen atoms in total. The summed E-state index contributed by atoms with van der Waals surface area (Å²) < 4.78 is 0. The Morgan fingerprint density at radius 1 is 1.38 bits per heavy atom. The summed E-state index contributed by atoms with van der Waals surface area (Å²) in [5.41, 5.74) is 2.44. The van der Waals surface area contributed by atoms with Crippen LogP contribution in [0, 0.1) is 12.8 Å². The van der Waals surface area contributed by atoms with Crippen LogP contribution in [0.5, 0.6) is 0 Å². The first-order valence-electron chi connectivity index (χ1n) is 5.83. The molecule has 1 aromatic rings. The number of rotatable bonds is 6. The number of pyridine rings is 1. The van der Waals surface area contributed by atoms with Gasteiger partial charge < -0.3 is 5.32 Å². The van der Waals surface area contributed by atoms with Crippen LogP contribution in [0.4, 0.5) is 0 Å². The third-order valence-corrected chi connectivity index (χ3v) is 2.94. The van der Waals surface area contributed by atoms with Crippen molar-refractivity contribution in [2.24, 2.45) is 5.92 Å². The van der Waals surface area contributed by atoms with E-state index in [2.05, 4.69) is 37.1 Å². The van der Waals surface area contributed by atoms with Crippen molar-refractivity contribution < 1.29 is 0 Å². The Morgan fingerprint density at radius 2 is 2.12 bits per heavy atom. The lowest BCUT2D eigenvalue weighted by Crippen LogP contribution is -2.33. The molecule has 0 aliphatic rings. The molecule has 1 rings (SSSR count). The molecule has 90 valence electrons. The summed E-state index contributed by atoms with van der Waals surface area (Å²) in [7, 11) is 0. The van der Waals surface area contributed by atoms with E-state index in [-0.39, 0.29) is 0 Å². The predicted octanol–water partition coefficient (Wildman–Crippen LogP) is 3.13.